The van der Waals surface area contributed by atoms with Crippen LogP contribution in [-0.2, 0) is 16.1 Å². The molecule has 0 saturated carbocycles. The van der Waals surface area contributed by atoms with E-state index in [9.17, 15) is 4.79 Å². The highest BCUT2D eigenvalue weighted by molar-refractivity contribution is 9.11. The lowest BCUT2D eigenvalue weighted by atomic mass is 10.2. The number of hydrogen-bond donors (Lipinski definition) is 0. The molecule has 2 aromatic rings. The Morgan fingerprint density at radius 1 is 1.58 bits per heavy atom. The van der Waals surface area contributed by atoms with Crippen molar-refractivity contribution in [2.45, 2.75) is 13.5 Å². The number of ether oxygens (including phenoxy) is 1. The molecule has 0 aliphatic heterocycles. The molecule has 0 unspecified atom stereocenters. The number of methoxy groups -OCH3 is 1. The molecule has 0 bridgehead atoms. The second-order valence-corrected chi connectivity index (χ2v) is 6.06. The van der Waals surface area contributed by atoms with E-state index >= 15 is 0 Å². The van der Waals surface area contributed by atoms with Gasteiger partial charge in [-0.2, -0.15) is 5.10 Å². The molecular weight excluding hydrogens is 330 g/mol. The molecule has 0 spiro atoms. The number of aryl methyl sites for hydroxylation is 1. The molecule has 0 aliphatic rings. The SMILES string of the molecule is CCn1cc(/C=C(\C(=O)OC)c2ncc(Br)s2)cn1. The van der Waals surface area contributed by atoms with Gasteiger partial charge in [0.15, 0.2) is 0 Å². The molecule has 7 heteroatoms. The molecular formula is C12H12BrN3O2S. The third-order valence-corrected chi connectivity index (χ3v) is 3.91. The van der Waals surface area contributed by atoms with Gasteiger partial charge < -0.3 is 4.74 Å². The van der Waals surface area contributed by atoms with E-state index < -0.39 is 5.97 Å². The number of nitrogens with zero attached hydrogens (tertiary/aromatic N) is 3. The van der Waals surface area contributed by atoms with E-state index in [1.165, 1.54) is 18.4 Å². The molecule has 0 aliphatic carbocycles. The van der Waals surface area contributed by atoms with Gasteiger partial charge in [-0.1, -0.05) is 0 Å². The van der Waals surface area contributed by atoms with Gasteiger partial charge in [-0.25, -0.2) is 9.78 Å². The van der Waals surface area contributed by atoms with Crippen LogP contribution in [-0.4, -0.2) is 27.8 Å². The van der Waals surface area contributed by atoms with E-state index in [-0.39, 0.29) is 0 Å². The van der Waals surface area contributed by atoms with Crippen molar-refractivity contribution in [1.29, 1.82) is 0 Å². The number of thiazole rings is 1. The largest absolute Gasteiger partial charge is 0.465 e. The van der Waals surface area contributed by atoms with Gasteiger partial charge in [0.25, 0.3) is 0 Å². The first-order valence-corrected chi connectivity index (χ1v) is 7.19. The number of esters is 1. The van der Waals surface area contributed by atoms with Gasteiger partial charge >= 0.3 is 5.97 Å². The van der Waals surface area contributed by atoms with Crippen molar-refractivity contribution in [3.05, 3.63) is 32.9 Å². The van der Waals surface area contributed by atoms with Crippen molar-refractivity contribution in [2.24, 2.45) is 0 Å². The van der Waals surface area contributed by atoms with Crippen molar-refractivity contribution in [3.63, 3.8) is 0 Å². The van der Waals surface area contributed by atoms with Gasteiger partial charge in [-0.05, 0) is 28.9 Å². The van der Waals surface area contributed by atoms with Crippen LogP contribution in [0.15, 0.2) is 22.4 Å². The third-order valence-electron chi connectivity index (χ3n) is 2.40. The summed E-state index contributed by atoms with van der Waals surface area (Å²) in [6.45, 7) is 2.78. The van der Waals surface area contributed by atoms with Crippen LogP contribution in [0.1, 0.15) is 17.5 Å². The number of aromatic nitrogens is 3. The highest BCUT2D eigenvalue weighted by Gasteiger charge is 2.16. The molecule has 0 radical (unpaired) electrons. The molecule has 2 heterocycles. The summed E-state index contributed by atoms with van der Waals surface area (Å²) in [7, 11) is 1.36. The highest BCUT2D eigenvalue weighted by Crippen LogP contribution is 2.27. The quantitative estimate of drug-likeness (QED) is 0.633. The van der Waals surface area contributed by atoms with Crippen molar-refractivity contribution in [1.82, 2.24) is 14.8 Å². The van der Waals surface area contributed by atoms with Gasteiger partial charge in [0.05, 0.1) is 28.9 Å². The summed E-state index contributed by atoms with van der Waals surface area (Å²) in [4.78, 5) is 16.0. The Hall–Kier alpha value is -1.47. The Morgan fingerprint density at radius 2 is 2.37 bits per heavy atom. The average Bonchev–Trinajstić information content (AvgIpc) is 3.03. The van der Waals surface area contributed by atoms with E-state index in [1.807, 2.05) is 13.1 Å². The average molecular weight is 342 g/mol. The van der Waals surface area contributed by atoms with Gasteiger partial charge in [-0.3, -0.25) is 4.68 Å². The Bertz CT molecular complexity index is 618. The molecule has 0 saturated heterocycles. The number of hydrogen-bond acceptors (Lipinski definition) is 5. The number of carbonyl (C=O) groups excluding carboxylic acids is 1. The minimum atomic E-state index is -0.411. The van der Waals surface area contributed by atoms with E-state index in [4.69, 9.17) is 4.74 Å². The lowest BCUT2D eigenvalue weighted by Gasteiger charge is -2.00. The molecule has 0 atom stereocenters. The fourth-order valence-electron chi connectivity index (χ4n) is 1.49. The second kappa shape index (κ2) is 6.12. The van der Waals surface area contributed by atoms with E-state index in [0.29, 0.717) is 10.6 Å². The summed E-state index contributed by atoms with van der Waals surface area (Å²) >= 11 is 4.71. The summed E-state index contributed by atoms with van der Waals surface area (Å²) in [5, 5.41) is 4.78. The Morgan fingerprint density at radius 3 is 2.89 bits per heavy atom. The first-order valence-electron chi connectivity index (χ1n) is 5.58. The lowest BCUT2D eigenvalue weighted by molar-refractivity contribution is -0.133. The van der Waals surface area contributed by atoms with Crippen LogP contribution >= 0.6 is 27.3 Å². The number of carbonyl (C=O) groups is 1. The molecule has 0 amide bonds. The van der Waals surface area contributed by atoms with E-state index in [0.717, 1.165) is 15.9 Å². The summed E-state index contributed by atoms with van der Waals surface area (Å²) < 4.78 is 7.45. The smallest absolute Gasteiger partial charge is 0.340 e. The molecule has 0 fully saturated rings. The fraction of sp³-hybridized carbons (Fsp3) is 0.250. The Labute approximate surface area is 123 Å². The lowest BCUT2D eigenvalue weighted by Crippen LogP contribution is -2.03. The summed E-state index contributed by atoms with van der Waals surface area (Å²) in [6, 6.07) is 0. The maximum Gasteiger partial charge on any atom is 0.340 e. The maximum atomic E-state index is 11.8. The summed E-state index contributed by atoms with van der Waals surface area (Å²) in [5.74, 6) is -0.411. The normalized spacial score (nSPS) is 11.6. The zero-order chi connectivity index (χ0) is 13.8. The zero-order valence-corrected chi connectivity index (χ0v) is 12.9. The predicted octanol–water partition coefficient (Wildman–Crippen LogP) is 2.84. The van der Waals surface area contributed by atoms with E-state index in [1.54, 1.807) is 23.2 Å². The van der Waals surface area contributed by atoms with Gasteiger partial charge in [0.1, 0.15) is 5.01 Å². The van der Waals surface area contributed by atoms with Crippen LogP contribution in [0.4, 0.5) is 0 Å². The second-order valence-electron chi connectivity index (χ2n) is 3.65. The van der Waals surface area contributed by atoms with Crippen LogP contribution in [0.25, 0.3) is 11.6 Å². The van der Waals surface area contributed by atoms with Crippen molar-refractivity contribution >= 4 is 44.9 Å². The summed E-state index contributed by atoms with van der Waals surface area (Å²) in [6.07, 6.45) is 6.96. The zero-order valence-electron chi connectivity index (χ0n) is 10.5. The number of rotatable bonds is 4. The minimum absolute atomic E-state index is 0.411. The topological polar surface area (TPSA) is 57.0 Å². The van der Waals surface area contributed by atoms with Crippen molar-refractivity contribution in [2.75, 3.05) is 7.11 Å². The molecule has 2 aromatic heterocycles. The van der Waals surface area contributed by atoms with Crippen molar-refractivity contribution < 1.29 is 9.53 Å². The maximum absolute atomic E-state index is 11.8. The van der Waals surface area contributed by atoms with Gasteiger partial charge in [0, 0.05) is 18.3 Å². The fourth-order valence-corrected chi connectivity index (χ4v) is 2.70. The standard InChI is InChI=1S/C12H12BrN3O2S/c1-3-16-7-8(5-15-16)4-9(12(17)18-2)11-14-6-10(13)19-11/h4-7H,3H2,1-2H3/b9-4-. The third kappa shape index (κ3) is 3.30. The molecule has 0 N–H and O–H groups in total. The first-order chi connectivity index (χ1) is 9.13. The van der Waals surface area contributed by atoms with Gasteiger partial charge in [0.2, 0.25) is 0 Å². The van der Waals surface area contributed by atoms with Gasteiger partial charge in [-0.15, -0.1) is 11.3 Å². The van der Waals surface area contributed by atoms with Crippen LogP contribution in [0.5, 0.6) is 0 Å². The number of halogens is 1. The molecule has 2 rings (SSSR count). The monoisotopic (exact) mass is 341 g/mol. The van der Waals surface area contributed by atoms with Crippen LogP contribution in [0.2, 0.25) is 0 Å². The Kier molecular flexibility index (Phi) is 4.49. The van der Waals surface area contributed by atoms with Crippen LogP contribution < -0.4 is 0 Å². The molecule has 100 valence electrons. The first kappa shape index (κ1) is 14.0. The predicted molar refractivity (Wildman–Crippen MR) is 77.6 cm³/mol. The Balaban J connectivity index is 2.40. The highest BCUT2D eigenvalue weighted by atomic mass is 79.9. The van der Waals surface area contributed by atoms with Crippen molar-refractivity contribution in [3.8, 4) is 0 Å². The molecule has 0 aromatic carbocycles. The van der Waals surface area contributed by atoms with E-state index in [2.05, 4.69) is 26.0 Å². The van der Waals surface area contributed by atoms with Crippen LogP contribution in [0.3, 0.4) is 0 Å². The molecule has 19 heavy (non-hydrogen) atoms. The summed E-state index contributed by atoms with van der Waals surface area (Å²) in [5.41, 5.74) is 1.27. The minimum Gasteiger partial charge on any atom is -0.465 e. The van der Waals surface area contributed by atoms with Crippen LogP contribution in [0, 0.1) is 0 Å². The molecule has 5 nitrogen and oxygen atoms in total.